The maximum absolute atomic E-state index is 12.1. The molecule has 9 heteroatoms. The van der Waals surface area contributed by atoms with E-state index in [2.05, 4.69) is 5.16 Å². The SMILES string of the molecule is Cc1cc(CS(=O)(=O)N2CSCC2C(=O)O)no1. The molecule has 100 valence electrons. The molecule has 1 N–H and O–H groups in total. The molecule has 0 saturated carbocycles. The average molecular weight is 292 g/mol. The number of carbonyl (C=O) groups is 1. The first-order valence-corrected chi connectivity index (χ1v) is 7.89. The molecule has 0 spiro atoms. The summed E-state index contributed by atoms with van der Waals surface area (Å²) >= 11 is 1.28. The Morgan fingerprint density at radius 3 is 3.00 bits per heavy atom. The molecule has 1 fully saturated rings. The highest BCUT2D eigenvalue weighted by Crippen LogP contribution is 2.26. The van der Waals surface area contributed by atoms with Gasteiger partial charge < -0.3 is 9.63 Å². The zero-order valence-corrected chi connectivity index (χ0v) is 11.2. The van der Waals surface area contributed by atoms with Crippen molar-refractivity contribution in [1.29, 1.82) is 0 Å². The van der Waals surface area contributed by atoms with Crippen molar-refractivity contribution in [2.75, 3.05) is 11.6 Å². The molecule has 0 amide bonds. The topological polar surface area (TPSA) is 101 Å². The van der Waals surface area contributed by atoms with Gasteiger partial charge in [0.05, 0.1) is 5.88 Å². The number of aryl methyl sites for hydroxylation is 1. The van der Waals surface area contributed by atoms with Gasteiger partial charge in [0.1, 0.15) is 23.2 Å². The lowest BCUT2D eigenvalue weighted by Crippen LogP contribution is -2.42. The molecule has 1 aliphatic heterocycles. The predicted molar refractivity (Wildman–Crippen MR) is 64.5 cm³/mol. The van der Waals surface area contributed by atoms with Crippen LogP contribution in [0.5, 0.6) is 0 Å². The number of hydrogen-bond donors (Lipinski definition) is 1. The summed E-state index contributed by atoms with van der Waals surface area (Å²) < 4.78 is 30.0. The Hall–Kier alpha value is -1.06. The number of carboxylic acids is 1. The summed E-state index contributed by atoms with van der Waals surface area (Å²) in [5.41, 5.74) is 0.286. The zero-order chi connectivity index (χ0) is 13.3. The van der Waals surface area contributed by atoms with Gasteiger partial charge in [0.15, 0.2) is 0 Å². The minimum atomic E-state index is -3.68. The van der Waals surface area contributed by atoms with Crippen LogP contribution in [-0.2, 0) is 20.6 Å². The molecule has 7 nitrogen and oxygen atoms in total. The van der Waals surface area contributed by atoms with E-state index in [0.717, 1.165) is 4.31 Å². The Kier molecular flexibility index (Phi) is 3.64. The maximum atomic E-state index is 12.1. The molecular formula is C9H12N2O5S2. The number of nitrogens with zero attached hydrogens (tertiary/aromatic N) is 2. The van der Waals surface area contributed by atoms with Gasteiger partial charge in [-0.15, -0.1) is 11.8 Å². The van der Waals surface area contributed by atoms with Crippen LogP contribution in [-0.4, -0.2) is 46.6 Å². The largest absolute Gasteiger partial charge is 0.480 e. The molecule has 1 unspecified atom stereocenters. The number of rotatable bonds is 4. The number of carboxylic acid groups (broad SMARTS) is 1. The van der Waals surface area contributed by atoms with Crippen LogP contribution in [0.2, 0.25) is 0 Å². The van der Waals surface area contributed by atoms with Crippen molar-refractivity contribution >= 4 is 27.8 Å². The van der Waals surface area contributed by atoms with Gasteiger partial charge in [-0.25, -0.2) is 8.42 Å². The van der Waals surface area contributed by atoms with Crippen molar-refractivity contribution in [3.05, 3.63) is 17.5 Å². The van der Waals surface area contributed by atoms with Gasteiger partial charge in [0.25, 0.3) is 0 Å². The van der Waals surface area contributed by atoms with E-state index in [1.807, 2.05) is 0 Å². The predicted octanol–water partition coefficient (Wildman–Crippen LogP) is 0.272. The minimum absolute atomic E-state index is 0.163. The first-order chi connectivity index (χ1) is 8.40. The van der Waals surface area contributed by atoms with Gasteiger partial charge >= 0.3 is 5.97 Å². The van der Waals surface area contributed by atoms with Crippen LogP contribution < -0.4 is 0 Å². The Bertz CT molecular complexity index is 553. The summed E-state index contributed by atoms with van der Waals surface area (Å²) in [5, 5.41) is 12.6. The second kappa shape index (κ2) is 4.90. The maximum Gasteiger partial charge on any atom is 0.322 e. The number of aliphatic carboxylic acids is 1. The number of hydrogen-bond acceptors (Lipinski definition) is 6. The number of aromatic nitrogens is 1. The van der Waals surface area contributed by atoms with E-state index in [-0.39, 0.29) is 23.1 Å². The first kappa shape index (κ1) is 13.4. The lowest BCUT2D eigenvalue weighted by Gasteiger charge is -2.19. The van der Waals surface area contributed by atoms with Crippen molar-refractivity contribution in [2.24, 2.45) is 0 Å². The van der Waals surface area contributed by atoms with E-state index in [1.165, 1.54) is 17.8 Å². The fourth-order valence-corrected chi connectivity index (χ4v) is 4.85. The van der Waals surface area contributed by atoms with Gasteiger partial charge in [0.2, 0.25) is 10.0 Å². The Morgan fingerprint density at radius 1 is 1.72 bits per heavy atom. The molecular weight excluding hydrogens is 280 g/mol. The van der Waals surface area contributed by atoms with Gasteiger partial charge in [-0.3, -0.25) is 4.79 Å². The third-order valence-corrected chi connectivity index (χ3v) is 5.43. The summed E-state index contributed by atoms with van der Waals surface area (Å²) in [6.07, 6.45) is 0. The van der Waals surface area contributed by atoms with E-state index in [9.17, 15) is 13.2 Å². The van der Waals surface area contributed by atoms with E-state index >= 15 is 0 Å². The highest BCUT2D eigenvalue weighted by molar-refractivity contribution is 8.00. The molecule has 0 aliphatic carbocycles. The van der Waals surface area contributed by atoms with E-state index in [0.29, 0.717) is 5.76 Å². The van der Waals surface area contributed by atoms with Gasteiger partial charge in [-0.1, -0.05) is 5.16 Å². The molecule has 2 rings (SSSR count). The smallest absolute Gasteiger partial charge is 0.322 e. The van der Waals surface area contributed by atoms with Crippen LogP contribution in [0.4, 0.5) is 0 Å². The summed E-state index contributed by atoms with van der Waals surface area (Å²) in [5.74, 6) is -0.511. The van der Waals surface area contributed by atoms with Crippen LogP contribution in [0.25, 0.3) is 0 Å². The third kappa shape index (κ3) is 2.68. The quantitative estimate of drug-likeness (QED) is 0.850. The summed E-state index contributed by atoms with van der Waals surface area (Å²) in [7, 11) is -3.68. The normalized spacial score (nSPS) is 21.3. The van der Waals surface area contributed by atoms with E-state index < -0.39 is 22.0 Å². The Morgan fingerprint density at radius 2 is 2.44 bits per heavy atom. The number of sulfonamides is 1. The van der Waals surface area contributed by atoms with Crippen LogP contribution in [0.1, 0.15) is 11.5 Å². The monoisotopic (exact) mass is 292 g/mol. The molecule has 2 heterocycles. The lowest BCUT2D eigenvalue weighted by atomic mass is 10.4. The van der Waals surface area contributed by atoms with Crippen molar-refractivity contribution in [3.63, 3.8) is 0 Å². The highest BCUT2D eigenvalue weighted by atomic mass is 32.2. The van der Waals surface area contributed by atoms with Crippen molar-refractivity contribution in [3.8, 4) is 0 Å². The molecule has 0 bridgehead atoms. The molecule has 1 aromatic heterocycles. The Labute approximate surface area is 108 Å². The second-order valence-electron chi connectivity index (χ2n) is 3.93. The number of thioether (sulfide) groups is 1. The van der Waals surface area contributed by atoms with Gasteiger partial charge in [0, 0.05) is 11.8 Å². The molecule has 1 aliphatic rings. The van der Waals surface area contributed by atoms with Crippen LogP contribution in [0.15, 0.2) is 10.6 Å². The fraction of sp³-hybridized carbons (Fsp3) is 0.556. The third-order valence-electron chi connectivity index (χ3n) is 2.49. The Balaban J connectivity index is 2.18. The minimum Gasteiger partial charge on any atom is -0.480 e. The molecule has 0 aromatic carbocycles. The fourth-order valence-electron chi connectivity index (χ4n) is 1.65. The van der Waals surface area contributed by atoms with Crippen LogP contribution in [0, 0.1) is 6.92 Å². The molecule has 1 aromatic rings. The lowest BCUT2D eigenvalue weighted by molar-refractivity contribution is -0.140. The summed E-state index contributed by atoms with van der Waals surface area (Å²) in [6.45, 7) is 1.66. The molecule has 0 radical (unpaired) electrons. The molecule has 1 saturated heterocycles. The first-order valence-electron chi connectivity index (χ1n) is 5.12. The average Bonchev–Trinajstić information content (AvgIpc) is 2.86. The van der Waals surface area contributed by atoms with Crippen LogP contribution in [0.3, 0.4) is 0 Å². The second-order valence-corrected chi connectivity index (χ2v) is 6.85. The van der Waals surface area contributed by atoms with Crippen molar-refractivity contribution < 1.29 is 22.8 Å². The summed E-state index contributed by atoms with van der Waals surface area (Å²) in [4.78, 5) is 11.0. The van der Waals surface area contributed by atoms with Gasteiger partial charge in [-0.05, 0) is 6.92 Å². The highest BCUT2D eigenvalue weighted by Gasteiger charge is 2.39. The van der Waals surface area contributed by atoms with E-state index in [1.54, 1.807) is 6.92 Å². The van der Waals surface area contributed by atoms with Crippen molar-refractivity contribution in [1.82, 2.24) is 9.46 Å². The van der Waals surface area contributed by atoms with E-state index in [4.69, 9.17) is 9.63 Å². The summed E-state index contributed by atoms with van der Waals surface area (Å²) in [6, 6.07) is 0.532. The van der Waals surface area contributed by atoms with Gasteiger partial charge in [-0.2, -0.15) is 4.31 Å². The molecule has 18 heavy (non-hydrogen) atoms. The van der Waals surface area contributed by atoms with Crippen LogP contribution >= 0.6 is 11.8 Å². The standard InChI is InChI=1S/C9H12N2O5S2/c1-6-2-7(10-16-6)4-18(14,15)11-5-17-3-8(11)9(12)13/h2,8H,3-5H2,1H3,(H,12,13). The zero-order valence-electron chi connectivity index (χ0n) is 9.57. The molecule has 1 atom stereocenters. The van der Waals surface area contributed by atoms with Crippen molar-refractivity contribution in [2.45, 2.75) is 18.7 Å².